The molecule has 0 radical (unpaired) electrons. The zero-order valence-electron chi connectivity index (χ0n) is 11.0. The number of carbonyl (C=O) groups is 1. The van der Waals surface area contributed by atoms with Gasteiger partial charge in [0.05, 0.1) is 6.61 Å². The Labute approximate surface area is 108 Å². The highest BCUT2D eigenvalue weighted by atomic mass is 16.5. The first-order chi connectivity index (χ1) is 8.76. The summed E-state index contributed by atoms with van der Waals surface area (Å²) in [7, 11) is 1.61. The van der Waals surface area contributed by atoms with Crippen molar-refractivity contribution >= 4 is 5.78 Å². The quantitative estimate of drug-likeness (QED) is 0.696. The van der Waals surface area contributed by atoms with Crippen LogP contribution in [0.25, 0.3) is 0 Å². The van der Waals surface area contributed by atoms with Crippen LogP contribution in [-0.2, 0) is 4.74 Å². The van der Waals surface area contributed by atoms with Crippen LogP contribution in [-0.4, -0.2) is 25.6 Å². The van der Waals surface area contributed by atoms with E-state index in [9.17, 15) is 4.79 Å². The van der Waals surface area contributed by atoms with E-state index in [0.717, 1.165) is 25.0 Å². The fourth-order valence-electron chi connectivity index (χ4n) is 2.01. The van der Waals surface area contributed by atoms with Crippen LogP contribution in [0.2, 0.25) is 0 Å². The highest BCUT2D eigenvalue weighted by Gasteiger charge is 2.36. The van der Waals surface area contributed by atoms with Crippen LogP contribution >= 0.6 is 0 Å². The van der Waals surface area contributed by atoms with Crippen LogP contribution in [0.15, 0.2) is 24.3 Å². The fraction of sp³-hybridized carbons (Fsp3) is 0.533. The van der Waals surface area contributed by atoms with Crippen molar-refractivity contribution in [1.82, 2.24) is 0 Å². The van der Waals surface area contributed by atoms with E-state index in [1.54, 1.807) is 7.11 Å². The Morgan fingerprint density at radius 1 is 1.33 bits per heavy atom. The molecule has 0 heterocycles. The second-order valence-electron chi connectivity index (χ2n) is 4.73. The number of methoxy groups -OCH3 is 1. The van der Waals surface area contributed by atoms with Gasteiger partial charge in [-0.1, -0.05) is 6.92 Å². The van der Waals surface area contributed by atoms with Crippen LogP contribution in [0, 0.1) is 5.92 Å². The Balaban J connectivity index is 2.01. The summed E-state index contributed by atoms with van der Waals surface area (Å²) in [5.41, 5.74) is 0.706. The van der Waals surface area contributed by atoms with Crippen molar-refractivity contribution in [2.75, 3.05) is 13.7 Å². The molecule has 0 N–H and O–H groups in total. The van der Waals surface area contributed by atoms with E-state index in [4.69, 9.17) is 9.47 Å². The topological polar surface area (TPSA) is 35.5 Å². The Bertz CT molecular complexity index is 393. The van der Waals surface area contributed by atoms with E-state index in [1.165, 1.54) is 0 Å². The highest BCUT2D eigenvalue weighted by Crippen LogP contribution is 2.35. The van der Waals surface area contributed by atoms with E-state index in [2.05, 4.69) is 6.92 Å². The van der Waals surface area contributed by atoms with Gasteiger partial charge in [-0.2, -0.15) is 0 Å². The number of Topliss-reactive ketones (excluding diaryl/α,β-unsaturated/α-hetero) is 1. The molecule has 2 rings (SSSR count). The Morgan fingerprint density at radius 3 is 2.50 bits per heavy atom. The SMILES string of the molecule is CCCOc1ccc(C(=O)C(OC)C2CC2)cc1. The summed E-state index contributed by atoms with van der Waals surface area (Å²) >= 11 is 0. The molecule has 1 aliphatic rings. The van der Waals surface area contributed by atoms with E-state index in [0.29, 0.717) is 18.1 Å². The van der Waals surface area contributed by atoms with Gasteiger partial charge in [0.1, 0.15) is 11.9 Å². The number of ketones is 1. The highest BCUT2D eigenvalue weighted by molar-refractivity contribution is 6.00. The third kappa shape index (κ3) is 3.10. The fourth-order valence-corrected chi connectivity index (χ4v) is 2.01. The molecule has 98 valence electrons. The molecule has 0 bridgehead atoms. The summed E-state index contributed by atoms with van der Waals surface area (Å²) in [4.78, 5) is 12.2. The van der Waals surface area contributed by atoms with Crippen LogP contribution in [0.1, 0.15) is 36.5 Å². The maximum Gasteiger partial charge on any atom is 0.191 e. The van der Waals surface area contributed by atoms with Gasteiger partial charge in [0, 0.05) is 12.7 Å². The number of carbonyl (C=O) groups excluding carboxylic acids is 1. The van der Waals surface area contributed by atoms with Crippen molar-refractivity contribution < 1.29 is 14.3 Å². The number of hydrogen-bond acceptors (Lipinski definition) is 3. The number of rotatable bonds is 7. The van der Waals surface area contributed by atoms with Crippen LogP contribution < -0.4 is 4.74 Å². The molecule has 1 aromatic rings. The minimum Gasteiger partial charge on any atom is -0.494 e. The largest absolute Gasteiger partial charge is 0.494 e. The van der Waals surface area contributed by atoms with Gasteiger partial charge in [-0.3, -0.25) is 4.79 Å². The van der Waals surface area contributed by atoms with Crippen LogP contribution in [0.3, 0.4) is 0 Å². The van der Waals surface area contributed by atoms with Gasteiger partial charge < -0.3 is 9.47 Å². The summed E-state index contributed by atoms with van der Waals surface area (Å²) in [5, 5.41) is 0. The number of hydrogen-bond donors (Lipinski definition) is 0. The molecule has 0 amide bonds. The van der Waals surface area contributed by atoms with Crippen molar-refractivity contribution in [2.24, 2.45) is 5.92 Å². The molecule has 1 aliphatic carbocycles. The smallest absolute Gasteiger partial charge is 0.191 e. The lowest BCUT2D eigenvalue weighted by Gasteiger charge is -2.13. The standard InChI is InChI=1S/C15H20O3/c1-3-10-18-13-8-6-11(7-9-13)14(16)15(17-2)12-4-5-12/h6-9,12,15H,3-5,10H2,1-2H3. The molecule has 1 atom stereocenters. The van der Waals surface area contributed by atoms with Gasteiger partial charge in [0.2, 0.25) is 0 Å². The summed E-state index contributed by atoms with van der Waals surface area (Å²) in [6.07, 6.45) is 2.91. The number of benzene rings is 1. The van der Waals surface area contributed by atoms with Crippen LogP contribution in [0.5, 0.6) is 5.75 Å². The van der Waals surface area contributed by atoms with Crippen molar-refractivity contribution in [3.63, 3.8) is 0 Å². The predicted molar refractivity (Wildman–Crippen MR) is 70.1 cm³/mol. The van der Waals surface area contributed by atoms with Crippen molar-refractivity contribution in [3.05, 3.63) is 29.8 Å². The average Bonchev–Trinajstić information content (AvgIpc) is 3.22. The summed E-state index contributed by atoms with van der Waals surface area (Å²) in [6.45, 7) is 2.77. The summed E-state index contributed by atoms with van der Waals surface area (Å²) in [6, 6.07) is 7.34. The van der Waals surface area contributed by atoms with Crippen molar-refractivity contribution in [3.8, 4) is 5.75 Å². The molecular weight excluding hydrogens is 228 g/mol. The Kier molecular flexibility index (Phi) is 4.37. The van der Waals surface area contributed by atoms with Gasteiger partial charge in [0.25, 0.3) is 0 Å². The molecule has 3 heteroatoms. The van der Waals surface area contributed by atoms with Crippen molar-refractivity contribution in [1.29, 1.82) is 0 Å². The lowest BCUT2D eigenvalue weighted by Crippen LogP contribution is -2.25. The Hall–Kier alpha value is -1.35. The lowest BCUT2D eigenvalue weighted by atomic mass is 10.0. The maximum absolute atomic E-state index is 12.2. The van der Waals surface area contributed by atoms with Crippen LogP contribution in [0.4, 0.5) is 0 Å². The van der Waals surface area contributed by atoms with E-state index in [1.807, 2.05) is 24.3 Å². The van der Waals surface area contributed by atoms with Gasteiger partial charge in [0.15, 0.2) is 5.78 Å². The van der Waals surface area contributed by atoms with E-state index < -0.39 is 0 Å². The van der Waals surface area contributed by atoms with Crippen molar-refractivity contribution in [2.45, 2.75) is 32.3 Å². The molecule has 1 saturated carbocycles. The second-order valence-corrected chi connectivity index (χ2v) is 4.73. The van der Waals surface area contributed by atoms with Gasteiger partial charge in [-0.25, -0.2) is 0 Å². The first-order valence-electron chi connectivity index (χ1n) is 6.56. The third-order valence-corrected chi connectivity index (χ3v) is 3.17. The molecule has 18 heavy (non-hydrogen) atoms. The molecule has 0 aromatic heterocycles. The minimum absolute atomic E-state index is 0.0852. The zero-order valence-corrected chi connectivity index (χ0v) is 11.0. The Morgan fingerprint density at radius 2 is 2.00 bits per heavy atom. The van der Waals surface area contributed by atoms with Gasteiger partial charge in [-0.15, -0.1) is 0 Å². The van der Waals surface area contributed by atoms with E-state index in [-0.39, 0.29) is 11.9 Å². The minimum atomic E-state index is -0.271. The van der Waals surface area contributed by atoms with Gasteiger partial charge in [-0.05, 0) is 49.4 Å². The first-order valence-corrected chi connectivity index (χ1v) is 6.56. The van der Waals surface area contributed by atoms with Gasteiger partial charge >= 0.3 is 0 Å². The summed E-state index contributed by atoms with van der Waals surface area (Å²) < 4.78 is 10.8. The summed E-state index contributed by atoms with van der Waals surface area (Å²) in [5.74, 6) is 1.31. The average molecular weight is 248 g/mol. The molecule has 0 spiro atoms. The monoisotopic (exact) mass is 248 g/mol. The molecular formula is C15H20O3. The normalized spacial score (nSPS) is 16.3. The number of ether oxygens (including phenoxy) is 2. The second kappa shape index (κ2) is 6.01. The first kappa shape index (κ1) is 13.1. The molecule has 0 saturated heterocycles. The molecule has 1 unspecified atom stereocenters. The predicted octanol–water partition coefficient (Wildman–Crippen LogP) is 3.08. The lowest BCUT2D eigenvalue weighted by molar-refractivity contribution is 0.0540. The maximum atomic E-state index is 12.2. The molecule has 1 fully saturated rings. The molecule has 1 aromatic carbocycles. The molecule has 0 aliphatic heterocycles. The third-order valence-electron chi connectivity index (χ3n) is 3.17. The van der Waals surface area contributed by atoms with E-state index >= 15 is 0 Å². The molecule has 3 nitrogen and oxygen atoms in total. The zero-order chi connectivity index (χ0) is 13.0.